The minimum atomic E-state index is -0.427. The van der Waals surface area contributed by atoms with Crippen LogP contribution in [0, 0.1) is 17.7 Å². The topological polar surface area (TPSA) is 38.3 Å². The molecule has 1 saturated heterocycles. The maximum atomic E-state index is 13.7. The van der Waals surface area contributed by atoms with Gasteiger partial charge in [0.25, 0.3) is 0 Å². The highest BCUT2D eigenvalue weighted by Crippen LogP contribution is 2.20. The van der Waals surface area contributed by atoms with Crippen molar-refractivity contribution in [1.82, 2.24) is 5.32 Å². The number of nitrogens with zero attached hydrogens (tertiary/aromatic N) is 1. The maximum absolute atomic E-state index is 13.7. The van der Waals surface area contributed by atoms with Crippen LogP contribution in [0.5, 0.6) is 0 Å². The third kappa shape index (κ3) is 5.12. The third-order valence-electron chi connectivity index (χ3n) is 3.91. The van der Waals surface area contributed by atoms with Gasteiger partial charge in [-0.1, -0.05) is 23.4 Å². The van der Waals surface area contributed by atoms with Gasteiger partial charge in [-0.15, -0.1) is 4.65 Å². The number of quaternary nitrogens is 1. The molecule has 1 aromatic rings. The first kappa shape index (κ1) is 17.6. The standard InChI is InChI=1S/C17H20ClFN2O2/c1-20-17(22)23-21(10-4-2-5-11-21)12-6-3-7-14-8-9-15(18)13-16(14)19/h8-9,13H,2,4-6,10-12H2,1H3/p+1. The number of carbonyl (C=O) groups is 1. The summed E-state index contributed by atoms with van der Waals surface area (Å²) in [5, 5.41) is 2.84. The van der Waals surface area contributed by atoms with Crippen LogP contribution in [-0.2, 0) is 4.84 Å². The molecule has 6 heteroatoms. The van der Waals surface area contributed by atoms with Gasteiger partial charge in [-0.3, -0.25) is 4.84 Å². The lowest BCUT2D eigenvalue weighted by Crippen LogP contribution is -2.54. The number of halogens is 2. The summed E-state index contributed by atoms with van der Waals surface area (Å²) in [6.45, 7) is 2.20. The second-order valence-corrected chi connectivity index (χ2v) is 6.03. The molecule has 1 amide bonds. The average Bonchev–Trinajstić information content (AvgIpc) is 2.54. The highest BCUT2D eigenvalue weighted by molar-refractivity contribution is 6.30. The molecular formula is C17H21ClFN2O2+. The molecule has 0 aromatic heterocycles. The SMILES string of the molecule is CNC(=O)O[N+]1(CCC#Cc2ccc(Cl)cc2F)CCCCC1. The Kier molecular flexibility index (Phi) is 6.26. The van der Waals surface area contributed by atoms with Crippen molar-refractivity contribution in [3.05, 3.63) is 34.6 Å². The Morgan fingerprint density at radius 1 is 1.39 bits per heavy atom. The lowest BCUT2D eigenvalue weighted by Gasteiger charge is -2.36. The van der Waals surface area contributed by atoms with Crippen molar-refractivity contribution >= 4 is 17.7 Å². The quantitative estimate of drug-likeness (QED) is 0.676. The molecule has 1 aliphatic rings. The monoisotopic (exact) mass is 339 g/mol. The van der Waals surface area contributed by atoms with Crippen LogP contribution in [0.2, 0.25) is 5.02 Å². The second kappa shape index (κ2) is 8.19. The van der Waals surface area contributed by atoms with Gasteiger partial charge >= 0.3 is 6.09 Å². The fraction of sp³-hybridized carbons (Fsp3) is 0.471. The highest BCUT2D eigenvalue weighted by Gasteiger charge is 2.34. The molecule has 4 nitrogen and oxygen atoms in total. The van der Waals surface area contributed by atoms with Crippen molar-refractivity contribution in [3.63, 3.8) is 0 Å². The number of amides is 1. The van der Waals surface area contributed by atoms with Crippen LogP contribution in [0.4, 0.5) is 9.18 Å². The lowest BCUT2D eigenvalue weighted by atomic mass is 10.1. The van der Waals surface area contributed by atoms with E-state index in [2.05, 4.69) is 17.2 Å². The Bertz CT molecular complexity index is 619. The molecular weight excluding hydrogens is 319 g/mol. The summed E-state index contributed by atoms with van der Waals surface area (Å²) in [4.78, 5) is 17.1. The molecule has 2 rings (SSSR count). The summed E-state index contributed by atoms with van der Waals surface area (Å²) >= 11 is 5.72. The lowest BCUT2D eigenvalue weighted by molar-refractivity contribution is -1.09. The number of benzene rings is 1. The predicted octanol–water partition coefficient (Wildman–Crippen LogP) is 3.49. The summed E-state index contributed by atoms with van der Waals surface area (Å²) in [5.74, 6) is 5.36. The van der Waals surface area contributed by atoms with Crippen LogP contribution >= 0.6 is 11.6 Å². The van der Waals surface area contributed by atoms with Crippen LogP contribution in [0.15, 0.2) is 18.2 Å². The minimum Gasteiger partial charge on any atom is -0.320 e. The third-order valence-corrected chi connectivity index (χ3v) is 4.15. The van der Waals surface area contributed by atoms with Crippen molar-refractivity contribution in [2.24, 2.45) is 0 Å². The first-order chi connectivity index (χ1) is 11.0. The van der Waals surface area contributed by atoms with Crippen molar-refractivity contribution in [1.29, 1.82) is 0 Å². The Labute approximate surface area is 141 Å². The van der Waals surface area contributed by atoms with E-state index in [1.54, 1.807) is 19.2 Å². The number of rotatable bonds is 3. The molecule has 0 bridgehead atoms. The van der Waals surface area contributed by atoms with E-state index in [0.29, 0.717) is 23.6 Å². The van der Waals surface area contributed by atoms with E-state index < -0.39 is 11.9 Å². The van der Waals surface area contributed by atoms with E-state index in [1.807, 2.05) is 0 Å². The summed E-state index contributed by atoms with van der Waals surface area (Å²) in [7, 11) is 1.55. The molecule has 1 aliphatic heterocycles. The number of hydrogen-bond acceptors (Lipinski definition) is 2. The van der Waals surface area contributed by atoms with Crippen molar-refractivity contribution in [2.45, 2.75) is 25.7 Å². The van der Waals surface area contributed by atoms with E-state index in [9.17, 15) is 9.18 Å². The van der Waals surface area contributed by atoms with E-state index >= 15 is 0 Å². The van der Waals surface area contributed by atoms with Crippen molar-refractivity contribution in [3.8, 4) is 11.8 Å². The molecule has 0 unspecified atom stereocenters. The number of nitrogens with one attached hydrogen (secondary N) is 1. The Hall–Kier alpha value is -1.77. The number of likely N-dealkylation sites (tertiary alicyclic amines) is 1. The van der Waals surface area contributed by atoms with Gasteiger partial charge in [0, 0.05) is 24.9 Å². The van der Waals surface area contributed by atoms with Crippen LogP contribution < -0.4 is 5.32 Å². The molecule has 0 radical (unpaired) electrons. The zero-order valence-electron chi connectivity index (χ0n) is 13.2. The molecule has 1 N–H and O–H groups in total. The summed E-state index contributed by atoms with van der Waals surface area (Å²) in [6, 6.07) is 4.43. The molecule has 124 valence electrons. The van der Waals surface area contributed by atoms with Gasteiger partial charge in [0.05, 0.1) is 12.0 Å². The summed E-state index contributed by atoms with van der Waals surface area (Å²) in [6.07, 6.45) is 3.30. The number of piperidine rings is 1. The van der Waals surface area contributed by atoms with Gasteiger partial charge in [0.2, 0.25) is 0 Å². The predicted molar refractivity (Wildman–Crippen MR) is 87.2 cm³/mol. The van der Waals surface area contributed by atoms with Crippen LogP contribution in [0.1, 0.15) is 31.2 Å². The minimum absolute atomic E-state index is 0.289. The summed E-state index contributed by atoms with van der Waals surface area (Å²) < 4.78 is 13.9. The average molecular weight is 340 g/mol. The van der Waals surface area contributed by atoms with Crippen LogP contribution in [-0.4, -0.2) is 37.4 Å². The smallest absolute Gasteiger partial charge is 0.320 e. The fourth-order valence-electron chi connectivity index (χ4n) is 2.68. The normalized spacial score (nSPS) is 16.1. The van der Waals surface area contributed by atoms with Gasteiger partial charge in [-0.05, 0) is 24.6 Å². The molecule has 0 spiro atoms. The second-order valence-electron chi connectivity index (χ2n) is 5.59. The zero-order valence-corrected chi connectivity index (χ0v) is 14.0. The Balaban J connectivity index is 1.99. The van der Waals surface area contributed by atoms with Gasteiger partial charge in [-0.2, -0.15) is 0 Å². The maximum Gasteiger partial charge on any atom is 0.461 e. The fourth-order valence-corrected chi connectivity index (χ4v) is 2.84. The van der Waals surface area contributed by atoms with Gasteiger partial charge in [0.15, 0.2) is 0 Å². The van der Waals surface area contributed by atoms with E-state index in [0.717, 1.165) is 32.4 Å². The van der Waals surface area contributed by atoms with Gasteiger partial charge in [-0.25, -0.2) is 9.18 Å². The summed E-state index contributed by atoms with van der Waals surface area (Å²) in [5.41, 5.74) is 0.326. The molecule has 1 heterocycles. The first-order valence-corrected chi connectivity index (χ1v) is 8.14. The number of hydrogen-bond donors (Lipinski definition) is 1. The van der Waals surface area contributed by atoms with Crippen LogP contribution in [0.3, 0.4) is 0 Å². The van der Waals surface area contributed by atoms with E-state index in [4.69, 9.17) is 16.4 Å². The van der Waals surface area contributed by atoms with E-state index in [-0.39, 0.29) is 4.65 Å². The van der Waals surface area contributed by atoms with Crippen LogP contribution in [0.25, 0.3) is 0 Å². The largest absolute Gasteiger partial charge is 0.461 e. The number of carbonyl (C=O) groups excluding carboxylic acids is 1. The van der Waals surface area contributed by atoms with Gasteiger partial charge < -0.3 is 5.32 Å². The Morgan fingerprint density at radius 3 is 2.78 bits per heavy atom. The molecule has 23 heavy (non-hydrogen) atoms. The van der Waals surface area contributed by atoms with Gasteiger partial charge in [0.1, 0.15) is 25.5 Å². The first-order valence-electron chi connectivity index (χ1n) is 7.76. The molecule has 0 atom stereocenters. The Morgan fingerprint density at radius 2 is 2.13 bits per heavy atom. The number of hydroxylamine groups is 3. The van der Waals surface area contributed by atoms with Crippen molar-refractivity contribution in [2.75, 3.05) is 26.7 Å². The van der Waals surface area contributed by atoms with Crippen molar-refractivity contribution < 1.29 is 18.7 Å². The molecule has 0 saturated carbocycles. The molecule has 0 aliphatic carbocycles. The van der Waals surface area contributed by atoms with E-state index in [1.165, 1.54) is 6.07 Å². The highest BCUT2D eigenvalue weighted by atomic mass is 35.5. The zero-order chi connectivity index (χ0) is 16.7. The molecule has 1 aromatic carbocycles. The molecule has 1 fully saturated rings.